The van der Waals surface area contributed by atoms with Gasteiger partial charge in [-0.3, -0.25) is 4.79 Å². The highest BCUT2D eigenvalue weighted by Crippen LogP contribution is 2.20. The van der Waals surface area contributed by atoms with Crippen LogP contribution in [0.2, 0.25) is 5.15 Å². The molecule has 1 heterocycles. The van der Waals surface area contributed by atoms with Crippen molar-refractivity contribution < 1.29 is 17.9 Å². The van der Waals surface area contributed by atoms with Crippen molar-refractivity contribution in [1.29, 1.82) is 0 Å². The van der Waals surface area contributed by atoms with Gasteiger partial charge in [0.25, 0.3) is 0 Å². The highest BCUT2D eigenvalue weighted by Gasteiger charge is 2.27. The Hall–Kier alpha value is -1.18. The van der Waals surface area contributed by atoms with E-state index in [1.807, 2.05) is 6.92 Å². The van der Waals surface area contributed by atoms with E-state index in [-0.39, 0.29) is 23.1 Å². The molecule has 0 radical (unpaired) electrons. The van der Waals surface area contributed by atoms with Crippen molar-refractivity contribution in [3.63, 3.8) is 0 Å². The minimum atomic E-state index is -3.80. The smallest absolute Gasteiger partial charge is 0.321 e. The van der Waals surface area contributed by atoms with Crippen LogP contribution in [-0.2, 0) is 19.6 Å². The maximum atomic E-state index is 12.5. The van der Waals surface area contributed by atoms with E-state index < -0.39 is 16.0 Å². The maximum Gasteiger partial charge on any atom is 0.321 e. The lowest BCUT2D eigenvalue weighted by Gasteiger charge is -2.20. The van der Waals surface area contributed by atoms with Crippen LogP contribution < -0.4 is 0 Å². The van der Waals surface area contributed by atoms with Gasteiger partial charge in [-0.2, -0.15) is 4.31 Å². The van der Waals surface area contributed by atoms with Crippen molar-refractivity contribution in [3.05, 3.63) is 23.0 Å². The summed E-state index contributed by atoms with van der Waals surface area (Å²) >= 11 is 5.78. The number of pyridine rings is 1. The third-order valence-corrected chi connectivity index (χ3v) is 4.84. The Morgan fingerprint density at radius 3 is 2.65 bits per heavy atom. The molecule has 0 aromatic carbocycles. The van der Waals surface area contributed by atoms with Gasteiger partial charge in [-0.1, -0.05) is 18.5 Å². The Morgan fingerprint density at radius 2 is 2.15 bits per heavy atom. The number of methoxy groups -OCH3 is 1. The molecule has 0 unspecified atom stereocenters. The molecule has 1 aromatic rings. The quantitative estimate of drug-likeness (QED) is 0.588. The van der Waals surface area contributed by atoms with Crippen molar-refractivity contribution >= 4 is 27.6 Å². The van der Waals surface area contributed by atoms with Crippen LogP contribution in [0.25, 0.3) is 0 Å². The van der Waals surface area contributed by atoms with E-state index in [1.165, 1.54) is 19.4 Å². The van der Waals surface area contributed by atoms with Crippen molar-refractivity contribution in [2.75, 3.05) is 20.2 Å². The number of rotatable bonds is 6. The minimum absolute atomic E-state index is 0.0109. The fraction of sp³-hybridized carbons (Fsp3) is 0.500. The van der Waals surface area contributed by atoms with Gasteiger partial charge in [0.15, 0.2) is 0 Å². The second-order valence-electron chi connectivity index (χ2n) is 4.19. The van der Waals surface area contributed by atoms with Crippen LogP contribution in [0, 0.1) is 6.92 Å². The number of aromatic nitrogens is 1. The number of sulfonamides is 1. The van der Waals surface area contributed by atoms with Crippen molar-refractivity contribution in [1.82, 2.24) is 9.29 Å². The van der Waals surface area contributed by atoms with Gasteiger partial charge >= 0.3 is 5.97 Å². The van der Waals surface area contributed by atoms with E-state index in [4.69, 9.17) is 11.6 Å². The number of carbonyl (C=O) groups excluding carboxylic acids is 1. The number of hydrogen-bond acceptors (Lipinski definition) is 5. The van der Waals surface area contributed by atoms with E-state index in [0.29, 0.717) is 12.0 Å². The van der Waals surface area contributed by atoms with Gasteiger partial charge in [0, 0.05) is 12.7 Å². The standard InChI is InChI=1S/C12H17ClN2O4S/c1-4-5-15(8-11(16)19-3)20(17,18)10-6-9(2)12(13)14-7-10/h6-7H,4-5,8H2,1-3H3. The molecule has 0 atom stereocenters. The molecule has 20 heavy (non-hydrogen) atoms. The van der Waals surface area contributed by atoms with E-state index >= 15 is 0 Å². The fourth-order valence-electron chi connectivity index (χ4n) is 1.56. The molecule has 0 spiro atoms. The van der Waals surface area contributed by atoms with Crippen LogP contribution in [0.15, 0.2) is 17.2 Å². The molecule has 0 bridgehead atoms. The van der Waals surface area contributed by atoms with Gasteiger partial charge < -0.3 is 4.74 Å². The van der Waals surface area contributed by atoms with Crippen LogP contribution >= 0.6 is 11.6 Å². The maximum absolute atomic E-state index is 12.5. The summed E-state index contributed by atoms with van der Waals surface area (Å²) in [5.74, 6) is -0.610. The van der Waals surface area contributed by atoms with Crippen LogP contribution in [0.4, 0.5) is 0 Å². The van der Waals surface area contributed by atoms with E-state index in [1.54, 1.807) is 6.92 Å². The summed E-state index contributed by atoms with van der Waals surface area (Å²) < 4.78 is 30.5. The average molecular weight is 321 g/mol. The first-order chi connectivity index (χ1) is 9.32. The lowest BCUT2D eigenvalue weighted by molar-refractivity contribution is -0.140. The molecular weight excluding hydrogens is 304 g/mol. The SMILES string of the molecule is CCCN(CC(=O)OC)S(=O)(=O)c1cnc(Cl)c(C)c1. The Kier molecular flexibility index (Phi) is 5.91. The molecule has 1 aromatic heterocycles. The molecule has 112 valence electrons. The zero-order valence-corrected chi connectivity index (χ0v) is 13.2. The molecule has 0 saturated heterocycles. The molecule has 0 aliphatic heterocycles. The van der Waals surface area contributed by atoms with Gasteiger partial charge in [0.2, 0.25) is 10.0 Å². The monoisotopic (exact) mass is 320 g/mol. The molecule has 0 fully saturated rings. The van der Waals surface area contributed by atoms with Gasteiger partial charge in [0.1, 0.15) is 16.6 Å². The first-order valence-corrected chi connectivity index (χ1v) is 7.83. The predicted octanol–water partition coefficient (Wildman–Crippen LogP) is 1.62. The number of nitrogens with zero attached hydrogens (tertiary/aromatic N) is 2. The third-order valence-electron chi connectivity index (χ3n) is 2.63. The second-order valence-corrected chi connectivity index (χ2v) is 6.49. The molecule has 1 rings (SSSR count). The molecule has 0 aliphatic carbocycles. The zero-order chi connectivity index (χ0) is 15.3. The highest BCUT2D eigenvalue weighted by atomic mass is 35.5. The summed E-state index contributed by atoms with van der Waals surface area (Å²) in [6.07, 6.45) is 1.76. The van der Waals surface area contributed by atoms with Crippen LogP contribution in [0.1, 0.15) is 18.9 Å². The number of esters is 1. The molecule has 0 aliphatic rings. The van der Waals surface area contributed by atoms with E-state index in [9.17, 15) is 13.2 Å². The Morgan fingerprint density at radius 1 is 1.50 bits per heavy atom. The van der Waals surface area contributed by atoms with Gasteiger partial charge in [-0.15, -0.1) is 0 Å². The Balaban J connectivity index is 3.14. The first-order valence-electron chi connectivity index (χ1n) is 6.02. The summed E-state index contributed by atoms with van der Waals surface area (Å²) in [5.41, 5.74) is 0.558. The number of carbonyl (C=O) groups is 1. The molecule has 8 heteroatoms. The Bertz CT molecular complexity index is 589. The topological polar surface area (TPSA) is 76.6 Å². The summed E-state index contributed by atoms with van der Waals surface area (Å²) in [6, 6.07) is 1.44. The summed E-state index contributed by atoms with van der Waals surface area (Å²) in [6.45, 7) is 3.39. The average Bonchev–Trinajstić information content (AvgIpc) is 2.40. The lowest BCUT2D eigenvalue weighted by atomic mass is 10.3. The largest absolute Gasteiger partial charge is 0.468 e. The Labute approximate surface area is 123 Å². The van der Waals surface area contributed by atoms with Gasteiger partial charge in [-0.05, 0) is 25.0 Å². The van der Waals surface area contributed by atoms with Crippen LogP contribution in [-0.4, -0.2) is 43.9 Å². The van der Waals surface area contributed by atoms with Crippen molar-refractivity contribution in [2.45, 2.75) is 25.2 Å². The van der Waals surface area contributed by atoms with Gasteiger partial charge in [0.05, 0.1) is 7.11 Å². The molecule has 6 nitrogen and oxygen atoms in total. The zero-order valence-electron chi connectivity index (χ0n) is 11.6. The van der Waals surface area contributed by atoms with Crippen LogP contribution in [0.3, 0.4) is 0 Å². The summed E-state index contributed by atoms with van der Waals surface area (Å²) in [5, 5.41) is 0.249. The minimum Gasteiger partial charge on any atom is -0.468 e. The number of aryl methyl sites for hydroxylation is 1. The van der Waals surface area contributed by atoms with E-state index in [2.05, 4.69) is 9.72 Å². The molecule has 0 amide bonds. The highest BCUT2D eigenvalue weighted by molar-refractivity contribution is 7.89. The molecule has 0 saturated carbocycles. The number of ether oxygens (including phenoxy) is 1. The lowest BCUT2D eigenvalue weighted by Crippen LogP contribution is -2.36. The summed E-state index contributed by atoms with van der Waals surface area (Å²) in [7, 11) is -2.58. The first kappa shape index (κ1) is 16.9. The molecular formula is C12H17ClN2O4S. The second kappa shape index (κ2) is 7.01. The predicted molar refractivity (Wildman–Crippen MR) is 75.0 cm³/mol. The normalized spacial score (nSPS) is 11.7. The summed E-state index contributed by atoms with van der Waals surface area (Å²) in [4.78, 5) is 15.2. The van der Waals surface area contributed by atoms with Crippen molar-refractivity contribution in [3.8, 4) is 0 Å². The van der Waals surface area contributed by atoms with E-state index in [0.717, 1.165) is 4.31 Å². The van der Waals surface area contributed by atoms with Gasteiger partial charge in [-0.25, -0.2) is 13.4 Å². The number of halogens is 1. The van der Waals surface area contributed by atoms with Crippen LogP contribution in [0.5, 0.6) is 0 Å². The third kappa shape index (κ3) is 3.91. The fourth-order valence-corrected chi connectivity index (χ4v) is 3.18. The van der Waals surface area contributed by atoms with Crippen molar-refractivity contribution in [2.24, 2.45) is 0 Å². The molecule has 0 N–H and O–H groups in total. The number of hydrogen-bond donors (Lipinski definition) is 0.